The fourth-order valence-corrected chi connectivity index (χ4v) is 0. The maximum atomic E-state index is 8.00. The standard InChI is InChI=1S/CH2O.2ClH.Pd/c1-2;;;/h1H2;2*1H;/q;;;+2/p-2. The van der Waals surface area contributed by atoms with Crippen molar-refractivity contribution in [3.05, 3.63) is 0 Å². The van der Waals surface area contributed by atoms with Gasteiger partial charge in [-0.3, -0.25) is 0 Å². The van der Waals surface area contributed by atoms with Crippen molar-refractivity contribution >= 4 is 6.79 Å². The largest absolute Gasteiger partial charge is 2.00 e. The molecule has 0 radical (unpaired) electrons. The summed E-state index contributed by atoms with van der Waals surface area (Å²) in [6, 6.07) is 0. The van der Waals surface area contributed by atoms with Crippen molar-refractivity contribution in [1.82, 2.24) is 0 Å². The molecule has 5 heavy (non-hydrogen) atoms. The Bertz CT molecular complexity index is 9.61. The van der Waals surface area contributed by atoms with E-state index in [1.54, 1.807) is 0 Å². The van der Waals surface area contributed by atoms with Crippen LogP contribution in [0.5, 0.6) is 0 Å². The summed E-state index contributed by atoms with van der Waals surface area (Å²) in [6.07, 6.45) is 0. The van der Waals surface area contributed by atoms with Crippen molar-refractivity contribution in [2.75, 3.05) is 0 Å². The molecule has 0 spiro atoms. The second-order valence-electron chi connectivity index (χ2n) is 0. The second kappa shape index (κ2) is 90.3. The van der Waals surface area contributed by atoms with E-state index in [-0.39, 0.29) is 45.2 Å². The third kappa shape index (κ3) is 50.1. The average molecular weight is 207 g/mol. The topological polar surface area (TPSA) is 17.1 Å². The van der Waals surface area contributed by atoms with Gasteiger partial charge in [0.05, 0.1) is 0 Å². The Morgan fingerprint density at radius 2 is 1.00 bits per heavy atom. The first-order chi connectivity index (χ1) is 1.00. The maximum absolute atomic E-state index is 8.00. The van der Waals surface area contributed by atoms with Gasteiger partial charge in [0.1, 0.15) is 6.79 Å². The molecule has 0 heterocycles. The van der Waals surface area contributed by atoms with Crippen LogP contribution in [-0.2, 0) is 25.2 Å². The van der Waals surface area contributed by atoms with Crippen molar-refractivity contribution in [2.45, 2.75) is 0 Å². The van der Waals surface area contributed by atoms with Crippen LogP contribution in [0.3, 0.4) is 0 Å². The molecule has 0 aliphatic rings. The van der Waals surface area contributed by atoms with Crippen LogP contribution in [0.1, 0.15) is 0 Å². The Kier molecular flexibility index (Phi) is 705. The summed E-state index contributed by atoms with van der Waals surface area (Å²) < 4.78 is 0. The fraction of sp³-hybridized carbons (Fsp3) is 0. The van der Waals surface area contributed by atoms with Crippen molar-refractivity contribution in [1.29, 1.82) is 0 Å². The summed E-state index contributed by atoms with van der Waals surface area (Å²) in [6.45, 7) is 2.00. The van der Waals surface area contributed by atoms with E-state index in [0.29, 0.717) is 0 Å². The molecule has 0 fully saturated rings. The van der Waals surface area contributed by atoms with Crippen molar-refractivity contribution < 1.29 is 50.0 Å². The SMILES string of the molecule is C=O.[Cl-].[Cl-].[Pd+2]. The normalized spacial score (nSPS) is 0.800. The Morgan fingerprint density at radius 3 is 1.00 bits per heavy atom. The van der Waals surface area contributed by atoms with E-state index < -0.39 is 0 Å². The minimum absolute atomic E-state index is 0. The number of carbonyl (C=O) groups is 1. The summed E-state index contributed by atoms with van der Waals surface area (Å²) in [7, 11) is 0. The van der Waals surface area contributed by atoms with Crippen LogP contribution >= 0.6 is 0 Å². The molecule has 4 heteroatoms. The fourth-order valence-electron chi connectivity index (χ4n) is 0. The molecular formula is CH2Cl2OPd. The van der Waals surface area contributed by atoms with Gasteiger partial charge in [-0.05, 0) is 0 Å². The van der Waals surface area contributed by atoms with Gasteiger partial charge in [0, 0.05) is 0 Å². The molecule has 1 nitrogen and oxygen atoms in total. The van der Waals surface area contributed by atoms with Gasteiger partial charge >= 0.3 is 20.4 Å². The molecule has 0 saturated heterocycles. The van der Waals surface area contributed by atoms with E-state index in [0.717, 1.165) is 0 Å². The molecule has 0 aliphatic heterocycles. The van der Waals surface area contributed by atoms with E-state index in [4.69, 9.17) is 4.79 Å². The van der Waals surface area contributed by atoms with Gasteiger partial charge in [-0.15, -0.1) is 0 Å². The van der Waals surface area contributed by atoms with Crippen molar-refractivity contribution in [3.8, 4) is 0 Å². The molecule has 0 amide bonds. The van der Waals surface area contributed by atoms with Crippen LogP contribution in [0.15, 0.2) is 0 Å². The second-order valence-corrected chi connectivity index (χ2v) is 0. The number of hydrogen-bond donors (Lipinski definition) is 0. The summed E-state index contributed by atoms with van der Waals surface area (Å²) in [4.78, 5) is 8.00. The molecule has 36 valence electrons. The Balaban J connectivity index is -0.00000000167. The minimum Gasteiger partial charge on any atom is -1.00 e. The maximum Gasteiger partial charge on any atom is 2.00 e. The summed E-state index contributed by atoms with van der Waals surface area (Å²) in [5.74, 6) is 0. The number of carbonyl (C=O) groups excluding carboxylic acids is 1. The van der Waals surface area contributed by atoms with E-state index >= 15 is 0 Å². The smallest absolute Gasteiger partial charge is 1.00 e. The monoisotopic (exact) mass is 206 g/mol. The molecule has 0 aromatic rings. The third-order valence-corrected chi connectivity index (χ3v) is 0. The first kappa shape index (κ1) is 39.0. The van der Waals surface area contributed by atoms with Gasteiger partial charge in [0.2, 0.25) is 0 Å². The van der Waals surface area contributed by atoms with Gasteiger partial charge in [0.15, 0.2) is 0 Å². The molecule has 0 aromatic carbocycles. The average Bonchev–Trinajstić information content (AvgIpc) is 1.00. The van der Waals surface area contributed by atoms with Crippen LogP contribution in [0.25, 0.3) is 0 Å². The van der Waals surface area contributed by atoms with Crippen LogP contribution in [0, 0.1) is 0 Å². The number of rotatable bonds is 0. The minimum atomic E-state index is 0. The zero-order valence-electron chi connectivity index (χ0n) is 2.19. The van der Waals surface area contributed by atoms with Crippen LogP contribution in [0.2, 0.25) is 0 Å². The summed E-state index contributed by atoms with van der Waals surface area (Å²) >= 11 is 0. The number of halogens is 2. The molecule has 0 aliphatic carbocycles. The zero-order valence-corrected chi connectivity index (χ0v) is 5.25. The molecule has 0 N–H and O–H groups in total. The van der Waals surface area contributed by atoms with E-state index in [2.05, 4.69) is 0 Å². The zero-order chi connectivity index (χ0) is 2.00. The van der Waals surface area contributed by atoms with Gasteiger partial charge in [-0.25, -0.2) is 0 Å². The Hall–Kier alpha value is 0.912. The Morgan fingerprint density at radius 1 is 1.00 bits per heavy atom. The van der Waals surface area contributed by atoms with Gasteiger partial charge in [-0.2, -0.15) is 0 Å². The number of hydrogen-bond acceptors (Lipinski definition) is 1. The Labute approximate surface area is 57.0 Å². The first-order valence-electron chi connectivity index (χ1n) is 0.289. The molecule has 0 unspecified atom stereocenters. The molecule has 0 aromatic heterocycles. The van der Waals surface area contributed by atoms with Crippen LogP contribution < -0.4 is 24.8 Å². The van der Waals surface area contributed by atoms with E-state index in [9.17, 15) is 0 Å². The van der Waals surface area contributed by atoms with Crippen LogP contribution in [0.4, 0.5) is 0 Å². The van der Waals surface area contributed by atoms with E-state index in [1.807, 2.05) is 6.79 Å². The summed E-state index contributed by atoms with van der Waals surface area (Å²) in [5, 5.41) is 0. The van der Waals surface area contributed by atoms with Gasteiger partial charge in [-0.1, -0.05) is 0 Å². The third-order valence-electron chi connectivity index (χ3n) is 0. The quantitative estimate of drug-likeness (QED) is 0.361. The first-order valence-corrected chi connectivity index (χ1v) is 0.289. The summed E-state index contributed by atoms with van der Waals surface area (Å²) in [5.41, 5.74) is 0. The van der Waals surface area contributed by atoms with E-state index in [1.165, 1.54) is 0 Å². The predicted molar refractivity (Wildman–Crippen MR) is 7.12 cm³/mol. The van der Waals surface area contributed by atoms with Crippen molar-refractivity contribution in [3.63, 3.8) is 0 Å². The molecule has 0 atom stereocenters. The molecule has 0 rings (SSSR count). The van der Waals surface area contributed by atoms with Gasteiger partial charge in [0.25, 0.3) is 0 Å². The van der Waals surface area contributed by atoms with Crippen molar-refractivity contribution in [2.24, 2.45) is 0 Å². The molecular weight excluding hydrogens is 205 g/mol. The predicted octanol–water partition coefficient (Wildman–Crippen LogP) is -6.18. The molecule has 0 saturated carbocycles. The van der Waals surface area contributed by atoms with Gasteiger partial charge < -0.3 is 29.6 Å². The van der Waals surface area contributed by atoms with Crippen LogP contribution in [-0.4, -0.2) is 6.79 Å². The molecule has 0 bridgehead atoms.